The number of ether oxygens (including phenoxy) is 3. The predicted octanol–water partition coefficient (Wildman–Crippen LogP) is 1.05. The van der Waals surface area contributed by atoms with Crippen molar-refractivity contribution in [2.45, 2.75) is 51.2 Å². The molecule has 212 valence electrons. The second kappa shape index (κ2) is 13.9. The third-order valence-corrected chi connectivity index (χ3v) is 6.44. The van der Waals surface area contributed by atoms with Gasteiger partial charge in [-0.1, -0.05) is 42.4 Å². The fourth-order valence-electron chi connectivity index (χ4n) is 3.97. The maximum absolute atomic E-state index is 13.3. The molecule has 39 heavy (non-hydrogen) atoms. The number of ketones is 1. The molecule has 2 aromatic rings. The predicted molar refractivity (Wildman–Crippen MR) is 139 cm³/mol. The molecule has 1 aromatic carbocycles. The number of nitrogens with one attached hydrogen (secondary N) is 3. The van der Waals surface area contributed by atoms with Crippen molar-refractivity contribution in [3.05, 3.63) is 47.7 Å². The van der Waals surface area contributed by atoms with E-state index in [-0.39, 0.29) is 30.6 Å². The van der Waals surface area contributed by atoms with Crippen molar-refractivity contribution < 1.29 is 37.9 Å². The van der Waals surface area contributed by atoms with Gasteiger partial charge in [0.25, 0.3) is 5.91 Å². The standard InChI is InChI=1S/C27H36N4O8/c1-5-38-22-14-19(31-39-22)24(33)29-21(16-37-4)26(35)30-20(15-36-3)25(34)28-18(23(32)27(2)11-12-27)13-17-9-7-6-8-10-17/h6-10,14,18,20-21H,5,11-13,15-16H2,1-4H3,(H,28,34)(H,29,33)(H,30,35)/t18-,20-,21-/m0/s1. The molecule has 12 heteroatoms. The Labute approximate surface area is 227 Å². The second-order valence-corrected chi connectivity index (χ2v) is 9.64. The summed E-state index contributed by atoms with van der Waals surface area (Å²) in [7, 11) is 2.76. The monoisotopic (exact) mass is 544 g/mol. The van der Waals surface area contributed by atoms with Crippen LogP contribution in [0.3, 0.4) is 0 Å². The van der Waals surface area contributed by atoms with Crippen molar-refractivity contribution in [3.8, 4) is 5.95 Å². The molecule has 1 aromatic heterocycles. The molecule has 12 nitrogen and oxygen atoms in total. The lowest BCUT2D eigenvalue weighted by molar-refractivity contribution is -0.134. The van der Waals surface area contributed by atoms with Crippen LogP contribution in [-0.4, -0.2) is 80.8 Å². The quantitative estimate of drug-likeness (QED) is 0.281. The lowest BCUT2D eigenvalue weighted by Gasteiger charge is -2.26. The average molecular weight is 545 g/mol. The van der Waals surface area contributed by atoms with Gasteiger partial charge in [0.2, 0.25) is 11.8 Å². The number of rotatable bonds is 16. The number of Topliss-reactive ketones (excluding diaryl/α,β-unsaturated/α-hetero) is 1. The minimum absolute atomic E-state index is 0.0502. The largest absolute Gasteiger partial charge is 0.464 e. The molecule has 1 heterocycles. The molecular weight excluding hydrogens is 508 g/mol. The van der Waals surface area contributed by atoms with E-state index >= 15 is 0 Å². The van der Waals surface area contributed by atoms with Crippen molar-refractivity contribution in [1.82, 2.24) is 21.1 Å². The zero-order valence-electron chi connectivity index (χ0n) is 22.7. The molecule has 3 rings (SSSR count). The first kappa shape index (κ1) is 29.8. The van der Waals surface area contributed by atoms with E-state index in [2.05, 4.69) is 21.1 Å². The number of carbonyl (C=O) groups excluding carboxylic acids is 4. The molecule has 3 N–H and O–H groups in total. The van der Waals surface area contributed by atoms with Crippen LogP contribution in [0, 0.1) is 5.41 Å². The van der Waals surface area contributed by atoms with Gasteiger partial charge in [0.1, 0.15) is 12.1 Å². The SMILES string of the molecule is CCOc1cc(C(=O)N[C@@H](COC)C(=O)N[C@@H](COC)C(=O)N[C@@H](Cc2ccccc2)C(=O)C2(C)CC2)no1. The first-order chi connectivity index (χ1) is 18.7. The van der Waals surface area contributed by atoms with Crippen molar-refractivity contribution in [3.63, 3.8) is 0 Å². The van der Waals surface area contributed by atoms with Crippen LogP contribution in [0.5, 0.6) is 5.95 Å². The number of nitrogens with zero attached hydrogens (tertiary/aromatic N) is 1. The lowest BCUT2D eigenvalue weighted by Crippen LogP contribution is -2.58. The summed E-state index contributed by atoms with van der Waals surface area (Å²) in [4.78, 5) is 52.3. The van der Waals surface area contributed by atoms with E-state index in [1.54, 1.807) is 6.92 Å². The maximum atomic E-state index is 13.3. The fraction of sp³-hybridized carbons (Fsp3) is 0.519. The van der Waals surface area contributed by atoms with Gasteiger partial charge in [0.05, 0.1) is 31.9 Å². The van der Waals surface area contributed by atoms with E-state index in [0.29, 0.717) is 13.0 Å². The molecule has 0 aliphatic heterocycles. The highest BCUT2D eigenvalue weighted by Crippen LogP contribution is 2.46. The van der Waals surface area contributed by atoms with E-state index in [9.17, 15) is 19.2 Å². The molecule has 0 spiro atoms. The molecule has 0 bridgehead atoms. The van der Waals surface area contributed by atoms with E-state index in [4.69, 9.17) is 18.7 Å². The van der Waals surface area contributed by atoms with Crippen molar-refractivity contribution in [2.24, 2.45) is 5.41 Å². The van der Waals surface area contributed by atoms with Crippen LogP contribution in [0.2, 0.25) is 0 Å². The highest BCUT2D eigenvalue weighted by molar-refractivity contribution is 5.99. The summed E-state index contributed by atoms with van der Waals surface area (Å²) in [5.74, 6) is -1.95. The smallest absolute Gasteiger partial charge is 0.311 e. The summed E-state index contributed by atoms with van der Waals surface area (Å²) in [5, 5.41) is 11.6. The number of hydrogen-bond donors (Lipinski definition) is 3. The minimum atomic E-state index is -1.16. The summed E-state index contributed by atoms with van der Waals surface area (Å²) < 4.78 is 20.3. The zero-order valence-corrected chi connectivity index (χ0v) is 22.7. The van der Waals surface area contributed by atoms with Gasteiger partial charge >= 0.3 is 5.95 Å². The van der Waals surface area contributed by atoms with Crippen LogP contribution in [0.4, 0.5) is 0 Å². The Hall–Kier alpha value is -3.77. The Morgan fingerprint density at radius 1 is 0.949 bits per heavy atom. The number of carbonyl (C=O) groups is 4. The Morgan fingerprint density at radius 3 is 2.10 bits per heavy atom. The summed E-state index contributed by atoms with van der Waals surface area (Å²) in [6.07, 6.45) is 1.85. The second-order valence-electron chi connectivity index (χ2n) is 9.64. The Bertz CT molecular complexity index is 1130. The Morgan fingerprint density at radius 2 is 1.54 bits per heavy atom. The molecule has 3 amide bonds. The Kier molecular flexibility index (Phi) is 10.6. The van der Waals surface area contributed by atoms with Crippen LogP contribution >= 0.6 is 0 Å². The van der Waals surface area contributed by atoms with Gasteiger partial charge in [0, 0.05) is 19.6 Å². The summed E-state index contributed by atoms with van der Waals surface area (Å²) in [6, 6.07) is 7.62. The third-order valence-electron chi connectivity index (χ3n) is 6.44. The molecule has 1 aliphatic rings. The van der Waals surface area contributed by atoms with Gasteiger partial charge in [0.15, 0.2) is 11.5 Å². The molecule has 3 atom stereocenters. The highest BCUT2D eigenvalue weighted by atomic mass is 16.6. The number of benzene rings is 1. The molecule has 1 saturated carbocycles. The van der Waals surface area contributed by atoms with Gasteiger partial charge in [-0.2, -0.15) is 0 Å². The van der Waals surface area contributed by atoms with Gasteiger partial charge < -0.3 is 34.7 Å². The van der Waals surface area contributed by atoms with Crippen LogP contribution < -0.4 is 20.7 Å². The van der Waals surface area contributed by atoms with Gasteiger partial charge in [-0.25, -0.2) is 0 Å². The van der Waals surface area contributed by atoms with Gasteiger partial charge in [-0.3, -0.25) is 19.2 Å². The topological polar surface area (TPSA) is 158 Å². The number of amides is 3. The van der Waals surface area contributed by atoms with E-state index in [0.717, 1.165) is 18.4 Å². The molecule has 0 unspecified atom stereocenters. The number of aromatic nitrogens is 1. The van der Waals surface area contributed by atoms with E-state index in [1.807, 2.05) is 37.3 Å². The molecule has 1 fully saturated rings. The lowest BCUT2D eigenvalue weighted by atomic mass is 9.92. The van der Waals surface area contributed by atoms with Crippen LogP contribution in [0.1, 0.15) is 42.7 Å². The average Bonchev–Trinajstić information content (AvgIpc) is 3.50. The highest BCUT2D eigenvalue weighted by Gasteiger charge is 2.48. The summed E-state index contributed by atoms with van der Waals surface area (Å²) in [6.45, 7) is 3.63. The molecule has 0 saturated heterocycles. The van der Waals surface area contributed by atoms with Gasteiger partial charge in [-0.15, -0.1) is 0 Å². The van der Waals surface area contributed by atoms with Crippen molar-refractivity contribution in [1.29, 1.82) is 0 Å². The van der Waals surface area contributed by atoms with Crippen LogP contribution in [0.25, 0.3) is 0 Å². The fourth-order valence-corrected chi connectivity index (χ4v) is 3.97. The third kappa shape index (κ3) is 8.36. The first-order valence-electron chi connectivity index (χ1n) is 12.8. The molecule has 0 radical (unpaired) electrons. The molecule has 1 aliphatic carbocycles. The van der Waals surface area contributed by atoms with Gasteiger partial charge in [-0.05, 0) is 31.7 Å². The number of hydrogen-bond acceptors (Lipinski definition) is 9. The summed E-state index contributed by atoms with van der Waals surface area (Å²) >= 11 is 0. The zero-order chi connectivity index (χ0) is 28.4. The maximum Gasteiger partial charge on any atom is 0.311 e. The first-order valence-corrected chi connectivity index (χ1v) is 12.8. The van der Waals surface area contributed by atoms with Crippen molar-refractivity contribution >= 4 is 23.5 Å². The summed E-state index contributed by atoms with van der Waals surface area (Å²) in [5.41, 5.74) is 0.342. The van der Waals surface area contributed by atoms with E-state index < -0.39 is 41.3 Å². The number of methoxy groups -OCH3 is 2. The van der Waals surface area contributed by atoms with Crippen LogP contribution in [-0.2, 0) is 30.3 Å². The normalized spacial score (nSPS) is 15.9. The Balaban J connectivity index is 1.69. The minimum Gasteiger partial charge on any atom is -0.464 e. The van der Waals surface area contributed by atoms with Crippen LogP contribution in [0.15, 0.2) is 40.9 Å². The van der Waals surface area contributed by atoms with Crippen molar-refractivity contribution in [2.75, 3.05) is 34.0 Å². The molecular formula is C27H36N4O8. The van der Waals surface area contributed by atoms with E-state index in [1.165, 1.54) is 20.3 Å².